The van der Waals surface area contributed by atoms with Crippen LogP contribution in [0, 0.1) is 0 Å². The van der Waals surface area contributed by atoms with Crippen molar-refractivity contribution >= 4 is 15.9 Å². The number of nitrogens with zero attached hydrogens (tertiary/aromatic N) is 1. The van der Waals surface area contributed by atoms with Gasteiger partial charge in [0.2, 0.25) is 0 Å². The van der Waals surface area contributed by atoms with Gasteiger partial charge >= 0.3 is 0 Å². The van der Waals surface area contributed by atoms with Crippen molar-refractivity contribution in [1.29, 1.82) is 0 Å². The predicted octanol–water partition coefficient (Wildman–Crippen LogP) is 4.10. The Morgan fingerprint density at radius 1 is 1.32 bits per heavy atom. The summed E-state index contributed by atoms with van der Waals surface area (Å²) in [5.41, 5.74) is 7.57. The van der Waals surface area contributed by atoms with Gasteiger partial charge in [0.15, 0.2) is 0 Å². The molecule has 106 valence electrons. The fourth-order valence-electron chi connectivity index (χ4n) is 2.51. The maximum absolute atomic E-state index is 6.34. The van der Waals surface area contributed by atoms with E-state index in [1.807, 2.05) is 6.07 Å². The van der Waals surface area contributed by atoms with Gasteiger partial charge in [-0.25, -0.2) is 0 Å². The lowest BCUT2D eigenvalue weighted by Gasteiger charge is -2.24. The summed E-state index contributed by atoms with van der Waals surface area (Å²) in [7, 11) is 0. The SMILES string of the molecule is CCCCN(CCC(N)c1ccccc1Br)C1CC1. The van der Waals surface area contributed by atoms with Crippen LogP contribution in [0.15, 0.2) is 28.7 Å². The number of nitrogens with two attached hydrogens (primary N) is 1. The molecule has 1 saturated carbocycles. The smallest absolute Gasteiger partial charge is 0.0318 e. The Labute approximate surface area is 125 Å². The highest BCUT2D eigenvalue weighted by Crippen LogP contribution is 2.29. The first-order chi connectivity index (χ1) is 9.22. The number of hydrogen-bond acceptors (Lipinski definition) is 2. The Hall–Kier alpha value is -0.380. The van der Waals surface area contributed by atoms with Crippen molar-refractivity contribution in [2.24, 2.45) is 5.73 Å². The van der Waals surface area contributed by atoms with Gasteiger partial charge in [-0.15, -0.1) is 0 Å². The molecule has 0 spiro atoms. The van der Waals surface area contributed by atoms with Gasteiger partial charge in [0.05, 0.1) is 0 Å². The van der Waals surface area contributed by atoms with Crippen LogP contribution < -0.4 is 5.73 Å². The van der Waals surface area contributed by atoms with Crippen LogP contribution in [-0.4, -0.2) is 24.0 Å². The second-order valence-electron chi connectivity index (χ2n) is 5.54. The third kappa shape index (κ3) is 4.59. The Balaban J connectivity index is 1.84. The topological polar surface area (TPSA) is 29.3 Å². The lowest BCUT2D eigenvalue weighted by atomic mass is 10.0. The van der Waals surface area contributed by atoms with Crippen molar-refractivity contribution < 1.29 is 0 Å². The molecule has 2 nitrogen and oxygen atoms in total. The lowest BCUT2D eigenvalue weighted by Crippen LogP contribution is -2.30. The summed E-state index contributed by atoms with van der Waals surface area (Å²) >= 11 is 3.59. The van der Waals surface area contributed by atoms with Crippen LogP contribution in [-0.2, 0) is 0 Å². The second-order valence-corrected chi connectivity index (χ2v) is 6.39. The molecular weight excluding hydrogens is 300 g/mol. The standard InChI is InChI=1S/C16H25BrN2/c1-2-3-11-19(13-8-9-13)12-10-16(18)14-6-4-5-7-15(14)17/h4-7,13,16H,2-3,8-12,18H2,1H3. The molecule has 2 N–H and O–H groups in total. The van der Waals surface area contributed by atoms with E-state index >= 15 is 0 Å². The average molecular weight is 325 g/mol. The van der Waals surface area contributed by atoms with Gasteiger partial charge in [0, 0.05) is 23.1 Å². The average Bonchev–Trinajstić information content (AvgIpc) is 3.23. The van der Waals surface area contributed by atoms with E-state index < -0.39 is 0 Å². The number of unbranched alkanes of at least 4 members (excludes halogenated alkanes) is 1. The maximum Gasteiger partial charge on any atom is 0.0318 e. The molecule has 0 bridgehead atoms. The molecule has 0 aliphatic heterocycles. The summed E-state index contributed by atoms with van der Waals surface area (Å²) in [4.78, 5) is 2.64. The van der Waals surface area contributed by atoms with Crippen molar-refractivity contribution in [3.63, 3.8) is 0 Å². The predicted molar refractivity (Wildman–Crippen MR) is 85.2 cm³/mol. The molecule has 1 aliphatic rings. The van der Waals surface area contributed by atoms with Crippen LogP contribution >= 0.6 is 15.9 Å². The van der Waals surface area contributed by atoms with Crippen molar-refractivity contribution in [3.05, 3.63) is 34.3 Å². The van der Waals surface area contributed by atoms with Gasteiger partial charge in [-0.2, -0.15) is 0 Å². The van der Waals surface area contributed by atoms with Crippen LogP contribution in [0.1, 0.15) is 50.6 Å². The van der Waals surface area contributed by atoms with E-state index in [2.05, 4.69) is 46.0 Å². The summed E-state index contributed by atoms with van der Waals surface area (Å²) in [6.07, 6.45) is 6.39. The van der Waals surface area contributed by atoms with E-state index in [1.165, 1.54) is 37.8 Å². The fourth-order valence-corrected chi connectivity index (χ4v) is 3.09. The Bertz CT molecular complexity index is 390. The zero-order chi connectivity index (χ0) is 13.7. The molecule has 0 amide bonds. The minimum Gasteiger partial charge on any atom is -0.324 e. The van der Waals surface area contributed by atoms with Gasteiger partial charge in [-0.3, -0.25) is 0 Å². The van der Waals surface area contributed by atoms with E-state index in [1.54, 1.807) is 0 Å². The van der Waals surface area contributed by atoms with Crippen LogP contribution in [0.2, 0.25) is 0 Å². The van der Waals surface area contributed by atoms with E-state index in [0.29, 0.717) is 0 Å². The van der Waals surface area contributed by atoms with Crippen molar-refractivity contribution in [3.8, 4) is 0 Å². The summed E-state index contributed by atoms with van der Waals surface area (Å²) in [5, 5.41) is 0. The molecule has 1 fully saturated rings. The highest BCUT2D eigenvalue weighted by molar-refractivity contribution is 9.10. The first-order valence-corrected chi connectivity index (χ1v) is 8.25. The molecule has 2 rings (SSSR count). The van der Waals surface area contributed by atoms with E-state index in [4.69, 9.17) is 5.73 Å². The van der Waals surface area contributed by atoms with Crippen LogP contribution in [0.4, 0.5) is 0 Å². The van der Waals surface area contributed by atoms with Crippen LogP contribution in [0.25, 0.3) is 0 Å². The third-order valence-corrected chi connectivity index (χ3v) is 4.62. The summed E-state index contributed by atoms with van der Waals surface area (Å²) < 4.78 is 1.13. The molecule has 1 unspecified atom stereocenters. The first kappa shape index (κ1) is 15.0. The molecule has 0 saturated heterocycles. The normalized spacial score (nSPS) is 16.8. The molecule has 19 heavy (non-hydrogen) atoms. The molecular formula is C16H25BrN2. The van der Waals surface area contributed by atoms with Crippen molar-refractivity contribution in [1.82, 2.24) is 4.90 Å². The van der Waals surface area contributed by atoms with Gasteiger partial charge in [0.25, 0.3) is 0 Å². The molecule has 1 aromatic carbocycles. The Morgan fingerprint density at radius 2 is 2.05 bits per heavy atom. The Morgan fingerprint density at radius 3 is 2.68 bits per heavy atom. The third-order valence-electron chi connectivity index (χ3n) is 3.89. The number of hydrogen-bond donors (Lipinski definition) is 1. The molecule has 0 heterocycles. The molecule has 1 atom stereocenters. The van der Waals surface area contributed by atoms with Gasteiger partial charge in [0.1, 0.15) is 0 Å². The zero-order valence-electron chi connectivity index (χ0n) is 11.8. The van der Waals surface area contributed by atoms with Crippen molar-refractivity contribution in [2.45, 2.75) is 51.1 Å². The quantitative estimate of drug-likeness (QED) is 0.779. The molecule has 3 heteroatoms. The molecule has 1 aromatic rings. The summed E-state index contributed by atoms with van der Waals surface area (Å²) in [6.45, 7) is 4.63. The fraction of sp³-hybridized carbons (Fsp3) is 0.625. The van der Waals surface area contributed by atoms with E-state index in [9.17, 15) is 0 Å². The Kier molecular flexibility index (Phi) is 5.86. The van der Waals surface area contributed by atoms with Crippen molar-refractivity contribution in [2.75, 3.05) is 13.1 Å². The zero-order valence-corrected chi connectivity index (χ0v) is 13.4. The number of rotatable bonds is 8. The van der Waals surface area contributed by atoms with E-state index in [-0.39, 0.29) is 6.04 Å². The summed E-state index contributed by atoms with van der Waals surface area (Å²) in [5.74, 6) is 0. The first-order valence-electron chi connectivity index (χ1n) is 7.46. The largest absolute Gasteiger partial charge is 0.324 e. The highest BCUT2D eigenvalue weighted by Gasteiger charge is 2.28. The molecule has 0 aromatic heterocycles. The van der Waals surface area contributed by atoms with Crippen LogP contribution in [0.3, 0.4) is 0 Å². The minimum absolute atomic E-state index is 0.137. The van der Waals surface area contributed by atoms with Gasteiger partial charge in [-0.1, -0.05) is 47.5 Å². The van der Waals surface area contributed by atoms with E-state index in [0.717, 1.165) is 23.5 Å². The van der Waals surface area contributed by atoms with Gasteiger partial charge < -0.3 is 10.6 Å². The van der Waals surface area contributed by atoms with Gasteiger partial charge in [-0.05, 0) is 43.9 Å². The highest BCUT2D eigenvalue weighted by atomic mass is 79.9. The molecule has 1 aliphatic carbocycles. The maximum atomic E-state index is 6.34. The van der Waals surface area contributed by atoms with Crippen LogP contribution in [0.5, 0.6) is 0 Å². The minimum atomic E-state index is 0.137. The second kappa shape index (κ2) is 7.41. The monoisotopic (exact) mass is 324 g/mol. The number of benzene rings is 1. The summed E-state index contributed by atoms with van der Waals surface area (Å²) in [6, 6.07) is 9.29. The molecule has 0 radical (unpaired) electrons. The lowest BCUT2D eigenvalue weighted by molar-refractivity contribution is 0.249. The number of halogens is 1.